The van der Waals surface area contributed by atoms with Crippen molar-refractivity contribution in [3.8, 4) is 0 Å². The minimum Gasteiger partial charge on any atom is -0.236 e. The molecule has 2 rings (SSSR count). The van der Waals surface area contributed by atoms with E-state index in [1.54, 1.807) is 10.7 Å². The summed E-state index contributed by atoms with van der Waals surface area (Å²) in [6.07, 6.45) is 9.48. The molecule has 0 saturated carbocycles. The number of hydrogen-bond acceptors (Lipinski definition) is 2. The van der Waals surface area contributed by atoms with Gasteiger partial charge in [-0.15, -0.1) is 0 Å². The molecule has 0 N–H and O–H groups in total. The van der Waals surface area contributed by atoms with Gasteiger partial charge in [-0.3, -0.25) is 0 Å². The standard InChI is InChI=1S/C9H8BrN3/c10-4-1-3-8-7-12-13-6-2-5-11-9(8)13/h1-3,5-7H,4H2. The van der Waals surface area contributed by atoms with Crippen LogP contribution in [0.5, 0.6) is 0 Å². The van der Waals surface area contributed by atoms with Crippen molar-refractivity contribution in [1.82, 2.24) is 14.6 Å². The van der Waals surface area contributed by atoms with Crippen LogP contribution in [0.2, 0.25) is 0 Å². The molecule has 66 valence electrons. The number of halogens is 1. The maximum atomic E-state index is 4.23. The molecular formula is C9H8BrN3. The Balaban J connectivity index is 2.52. The topological polar surface area (TPSA) is 30.2 Å². The maximum absolute atomic E-state index is 4.23. The molecule has 0 fully saturated rings. The van der Waals surface area contributed by atoms with Crippen molar-refractivity contribution in [3.05, 3.63) is 36.3 Å². The number of allylic oxidation sites excluding steroid dienone is 1. The lowest BCUT2D eigenvalue weighted by Gasteiger charge is -1.90. The Morgan fingerprint density at radius 1 is 1.54 bits per heavy atom. The smallest absolute Gasteiger partial charge is 0.162 e. The number of hydrogen-bond donors (Lipinski definition) is 0. The third-order valence-corrected chi connectivity index (χ3v) is 2.07. The van der Waals surface area contributed by atoms with Crippen molar-refractivity contribution in [2.45, 2.75) is 0 Å². The molecule has 0 aliphatic rings. The maximum Gasteiger partial charge on any atom is 0.162 e. The summed E-state index contributed by atoms with van der Waals surface area (Å²) in [5, 5.41) is 5.00. The highest BCUT2D eigenvalue weighted by Crippen LogP contribution is 2.08. The lowest BCUT2D eigenvalue weighted by atomic mass is 10.3. The van der Waals surface area contributed by atoms with E-state index in [4.69, 9.17) is 0 Å². The summed E-state index contributed by atoms with van der Waals surface area (Å²) in [4.78, 5) is 4.23. The first kappa shape index (κ1) is 8.44. The Bertz CT molecular complexity index is 433. The second-order valence-electron chi connectivity index (χ2n) is 2.54. The fraction of sp³-hybridized carbons (Fsp3) is 0.111. The Morgan fingerprint density at radius 3 is 3.31 bits per heavy atom. The van der Waals surface area contributed by atoms with E-state index in [1.807, 2.05) is 30.6 Å². The predicted molar refractivity (Wildman–Crippen MR) is 55.8 cm³/mol. The Kier molecular flexibility index (Phi) is 2.40. The summed E-state index contributed by atoms with van der Waals surface area (Å²) in [5.74, 6) is 0. The normalized spacial score (nSPS) is 11.5. The van der Waals surface area contributed by atoms with Crippen LogP contribution in [0.15, 0.2) is 30.7 Å². The van der Waals surface area contributed by atoms with Crippen molar-refractivity contribution in [1.29, 1.82) is 0 Å². The molecular weight excluding hydrogens is 230 g/mol. The van der Waals surface area contributed by atoms with Crippen LogP contribution in [0.4, 0.5) is 0 Å². The number of rotatable bonds is 2. The van der Waals surface area contributed by atoms with Gasteiger partial charge in [0, 0.05) is 23.3 Å². The zero-order valence-electron chi connectivity index (χ0n) is 6.89. The van der Waals surface area contributed by atoms with Gasteiger partial charge in [0.05, 0.1) is 6.20 Å². The quantitative estimate of drug-likeness (QED) is 0.750. The van der Waals surface area contributed by atoms with Crippen LogP contribution >= 0.6 is 15.9 Å². The molecule has 2 aromatic rings. The highest BCUT2D eigenvalue weighted by atomic mass is 79.9. The van der Waals surface area contributed by atoms with E-state index < -0.39 is 0 Å². The lowest BCUT2D eigenvalue weighted by Crippen LogP contribution is -1.86. The zero-order chi connectivity index (χ0) is 9.10. The molecule has 2 aromatic heterocycles. The number of alkyl halides is 1. The van der Waals surface area contributed by atoms with E-state index in [-0.39, 0.29) is 0 Å². The molecule has 0 atom stereocenters. The zero-order valence-corrected chi connectivity index (χ0v) is 8.48. The highest BCUT2D eigenvalue weighted by molar-refractivity contribution is 9.09. The van der Waals surface area contributed by atoms with Crippen molar-refractivity contribution in [2.24, 2.45) is 0 Å². The molecule has 0 aliphatic heterocycles. The monoisotopic (exact) mass is 237 g/mol. The summed E-state index contributed by atoms with van der Waals surface area (Å²) in [6.45, 7) is 0. The Labute approximate surface area is 84.2 Å². The third-order valence-electron chi connectivity index (χ3n) is 1.69. The van der Waals surface area contributed by atoms with Gasteiger partial charge < -0.3 is 0 Å². The van der Waals surface area contributed by atoms with Crippen LogP contribution in [-0.4, -0.2) is 19.9 Å². The molecule has 0 bridgehead atoms. The summed E-state index contributed by atoms with van der Waals surface area (Å²) in [7, 11) is 0. The first-order valence-corrected chi connectivity index (χ1v) is 5.05. The molecule has 0 radical (unpaired) electrons. The van der Waals surface area contributed by atoms with Crippen LogP contribution in [-0.2, 0) is 0 Å². The molecule has 0 amide bonds. The van der Waals surface area contributed by atoms with E-state index in [2.05, 4.69) is 26.0 Å². The molecule has 2 heterocycles. The first-order chi connectivity index (χ1) is 6.42. The van der Waals surface area contributed by atoms with Gasteiger partial charge in [-0.2, -0.15) is 5.10 Å². The van der Waals surface area contributed by atoms with E-state index in [0.29, 0.717) is 0 Å². The second-order valence-corrected chi connectivity index (χ2v) is 3.19. The van der Waals surface area contributed by atoms with Crippen LogP contribution in [0.25, 0.3) is 11.7 Å². The van der Waals surface area contributed by atoms with Crippen molar-refractivity contribution in [2.75, 3.05) is 5.33 Å². The van der Waals surface area contributed by atoms with Crippen molar-refractivity contribution >= 4 is 27.7 Å². The van der Waals surface area contributed by atoms with Crippen molar-refractivity contribution in [3.63, 3.8) is 0 Å². The molecule has 0 saturated heterocycles. The molecule has 0 aromatic carbocycles. The molecule has 0 spiro atoms. The molecule has 13 heavy (non-hydrogen) atoms. The molecule has 0 aliphatic carbocycles. The van der Waals surface area contributed by atoms with Crippen LogP contribution in [0, 0.1) is 0 Å². The fourth-order valence-corrected chi connectivity index (χ4v) is 1.32. The average molecular weight is 238 g/mol. The summed E-state index contributed by atoms with van der Waals surface area (Å²) in [5.41, 5.74) is 1.93. The van der Waals surface area contributed by atoms with Gasteiger partial charge in [0.25, 0.3) is 0 Å². The fourth-order valence-electron chi connectivity index (χ4n) is 1.13. The number of nitrogens with zero attached hydrogens (tertiary/aromatic N) is 3. The van der Waals surface area contributed by atoms with Crippen LogP contribution in [0.3, 0.4) is 0 Å². The van der Waals surface area contributed by atoms with Gasteiger partial charge in [-0.25, -0.2) is 9.50 Å². The van der Waals surface area contributed by atoms with E-state index in [0.717, 1.165) is 16.5 Å². The summed E-state index contributed by atoms with van der Waals surface area (Å²) >= 11 is 3.32. The summed E-state index contributed by atoms with van der Waals surface area (Å²) < 4.78 is 1.76. The van der Waals surface area contributed by atoms with E-state index >= 15 is 0 Å². The lowest BCUT2D eigenvalue weighted by molar-refractivity contribution is 0.939. The summed E-state index contributed by atoms with van der Waals surface area (Å²) in [6, 6.07) is 1.86. The van der Waals surface area contributed by atoms with Gasteiger partial charge in [0.1, 0.15) is 0 Å². The second kappa shape index (κ2) is 3.70. The minimum absolute atomic E-state index is 0.844. The van der Waals surface area contributed by atoms with Gasteiger partial charge in [0.15, 0.2) is 5.65 Å². The first-order valence-electron chi connectivity index (χ1n) is 3.92. The van der Waals surface area contributed by atoms with E-state index in [1.165, 1.54) is 0 Å². The van der Waals surface area contributed by atoms with Gasteiger partial charge in [-0.05, 0) is 6.07 Å². The minimum atomic E-state index is 0.844. The number of fused-ring (bicyclic) bond motifs is 1. The van der Waals surface area contributed by atoms with E-state index in [9.17, 15) is 0 Å². The van der Waals surface area contributed by atoms with Gasteiger partial charge in [0.2, 0.25) is 0 Å². The SMILES string of the molecule is BrCC=Cc1cnn2cccnc12. The van der Waals surface area contributed by atoms with Crippen molar-refractivity contribution < 1.29 is 0 Å². The largest absolute Gasteiger partial charge is 0.236 e. The van der Waals surface area contributed by atoms with Crippen LogP contribution < -0.4 is 0 Å². The van der Waals surface area contributed by atoms with Crippen LogP contribution in [0.1, 0.15) is 5.56 Å². The average Bonchev–Trinajstić information content (AvgIpc) is 2.58. The highest BCUT2D eigenvalue weighted by Gasteiger charge is 1.99. The van der Waals surface area contributed by atoms with Gasteiger partial charge in [-0.1, -0.05) is 28.1 Å². The predicted octanol–water partition coefficient (Wildman–Crippen LogP) is 2.14. The Hall–Kier alpha value is -1.16. The number of aromatic nitrogens is 3. The Morgan fingerprint density at radius 2 is 2.46 bits per heavy atom. The molecule has 0 unspecified atom stereocenters. The third kappa shape index (κ3) is 1.62. The molecule has 3 nitrogen and oxygen atoms in total. The molecule has 4 heteroatoms. The van der Waals surface area contributed by atoms with Gasteiger partial charge >= 0.3 is 0 Å².